The number of hydrogen-bond acceptors (Lipinski definition) is 2. The Bertz CT molecular complexity index is 634. The molecule has 0 bridgehead atoms. The highest BCUT2D eigenvalue weighted by Gasteiger charge is 2.33. The van der Waals surface area contributed by atoms with Crippen LogP contribution in [0.4, 0.5) is 4.39 Å². The van der Waals surface area contributed by atoms with Crippen molar-refractivity contribution in [2.75, 3.05) is 6.61 Å². The molecular formula is C15H18ClFN2O. The quantitative estimate of drug-likeness (QED) is 0.799. The van der Waals surface area contributed by atoms with E-state index in [-0.39, 0.29) is 5.82 Å². The Labute approximate surface area is 122 Å². The van der Waals surface area contributed by atoms with Gasteiger partial charge in [0.2, 0.25) is 0 Å². The van der Waals surface area contributed by atoms with Gasteiger partial charge in [-0.2, -0.15) is 0 Å². The van der Waals surface area contributed by atoms with Crippen molar-refractivity contribution < 1.29 is 9.13 Å². The van der Waals surface area contributed by atoms with E-state index in [0.29, 0.717) is 29.1 Å². The minimum absolute atomic E-state index is 0.218. The smallest absolute Gasteiger partial charge is 0.128 e. The van der Waals surface area contributed by atoms with Gasteiger partial charge in [0.1, 0.15) is 11.6 Å². The molecule has 3 rings (SSSR count). The number of nitrogens with zero attached hydrogens (tertiary/aromatic N) is 2. The lowest BCUT2D eigenvalue weighted by atomic mass is 9.88. The minimum Gasteiger partial charge on any atom is -0.378 e. The highest BCUT2D eigenvalue weighted by molar-refractivity contribution is 6.16. The maximum absolute atomic E-state index is 13.7. The first-order valence-electron chi connectivity index (χ1n) is 6.98. The zero-order chi connectivity index (χ0) is 14.3. The summed E-state index contributed by atoms with van der Waals surface area (Å²) in [7, 11) is 0. The Morgan fingerprint density at radius 3 is 2.85 bits per heavy atom. The molecule has 0 aliphatic heterocycles. The molecule has 20 heavy (non-hydrogen) atoms. The van der Waals surface area contributed by atoms with Crippen LogP contribution >= 0.6 is 11.6 Å². The number of halogens is 2. The molecule has 0 N–H and O–H groups in total. The lowest BCUT2D eigenvalue weighted by Gasteiger charge is -2.36. The molecule has 0 amide bonds. The van der Waals surface area contributed by atoms with Gasteiger partial charge >= 0.3 is 0 Å². The van der Waals surface area contributed by atoms with Crippen LogP contribution in [0.1, 0.15) is 37.2 Å². The van der Waals surface area contributed by atoms with Crippen molar-refractivity contribution in [3.63, 3.8) is 0 Å². The number of aromatic nitrogens is 2. The molecule has 3 nitrogen and oxygen atoms in total. The SMILES string of the molecule is CCOC1CC(n2c(CCl)nc3cc(F)c(C)cc32)C1. The summed E-state index contributed by atoms with van der Waals surface area (Å²) in [6.07, 6.45) is 2.27. The average molecular weight is 297 g/mol. The van der Waals surface area contributed by atoms with E-state index < -0.39 is 0 Å². The van der Waals surface area contributed by atoms with Crippen molar-refractivity contribution in [2.24, 2.45) is 0 Å². The number of aryl methyl sites for hydroxylation is 1. The zero-order valence-electron chi connectivity index (χ0n) is 11.7. The maximum Gasteiger partial charge on any atom is 0.128 e. The second-order valence-electron chi connectivity index (χ2n) is 5.32. The summed E-state index contributed by atoms with van der Waals surface area (Å²) in [5.74, 6) is 0.932. The summed E-state index contributed by atoms with van der Waals surface area (Å²) >= 11 is 6.00. The average Bonchev–Trinajstić information content (AvgIpc) is 2.71. The molecule has 108 valence electrons. The van der Waals surface area contributed by atoms with Crippen LogP contribution < -0.4 is 0 Å². The maximum atomic E-state index is 13.7. The van der Waals surface area contributed by atoms with Crippen molar-refractivity contribution in [3.8, 4) is 0 Å². The van der Waals surface area contributed by atoms with Crippen LogP contribution in [0.15, 0.2) is 12.1 Å². The van der Waals surface area contributed by atoms with E-state index in [1.54, 1.807) is 6.92 Å². The predicted molar refractivity (Wildman–Crippen MR) is 77.7 cm³/mol. The summed E-state index contributed by atoms with van der Waals surface area (Å²) in [6, 6.07) is 3.72. The Hall–Kier alpha value is -1.13. The van der Waals surface area contributed by atoms with E-state index in [2.05, 4.69) is 9.55 Å². The van der Waals surface area contributed by atoms with Gasteiger partial charge in [0.25, 0.3) is 0 Å². The summed E-state index contributed by atoms with van der Waals surface area (Å²) in [5, 5.41) is 0. The number of rotatable bonds is 4. The normalized spacial score (nSPS) is 22.2. The van der Waals surface area contributed by atoms with E-state index in [9.17, 15) is 4.39 Å². The lowest BCUT2D eigenvalue weighted by Crippen LogP contribution is -2.34. The van der Waals surface area contributed by atoms with Crippen molar-refractivity contribution in [1.29, 1.82) is 0 Å². The zero-order valence-corrected chi connectivity index (χ0v) is 12.5. The number of hydrogen-bond donors (Lipinski definition) is 0. The highest BCUT2D eigenvalue weighted by Crippen LogP contribution is 2.38. The Morgan fingerprint density at radius 1 is 1.45 bits per heavy atom. The van der Waals surface area contributed by atoms with Crippen molar-refractivity contribution in [3.05, 3.63) is 29.3 Å². The molecule has 1 aromatic carbocycles. The van der Waals surface area contributed by atoms with Crippen LogP contribution in [0.25, 0.3) is 11.0 Å². The van der Waals surface area contributed by atoms with E-state index >= 15 is 0 Å². The predicted octanol–water partition coefficient (Wildman–Crippen LogP) is 3.96. The topological polar surface area (TPSA) is 27.1 Å². The Balaban J connectivity index is 1.99. The fraction of sp³-hybridized carbons (Fsp3) is 0.533. The van der Waals surface area contributed by atoms with Crippen molar-refractivity contribution in [1.82, 2.24) is 9.55 Å². The van der Waals surface area contributed by atoms with Crippen LogP contribution in [0, 0.1) is 12.7 Å². The Morgan fingerprint density at radius 2 is 2.20 bits per heavy atom. The van der Waals surface area contributed by atoms with Gasteiger partial charge in [-0.25, -0.2) is 9.37 Å². The molecule has 1 aliphatic carbocycles. The minimum atomic E-state index is -0.218. The van der Waals surface area contributed by atoms with Gasteiger partial charge < -0.3 is 9.30 Å². The third kappa shape index (κ3) is 2.21. The van der Waals surface area contributed by atoms with Gasteiger partial charge in [0.15, 0.2) is 0 Å². The molecule has 0 spiro atoms. The first-order chi connectivity index (χ1) is 9.63. The van der Waals surface area contributed by atoms with E-state index in [1.165, 1.54) is 6.07 Å². The van der Waals surface area contributed by atoms with Crippen molar-refractivity contribution in [2.45, 2.75) is 44.7 Å². The molecule has 1 heterocycles. The first-order valence-corrected chi connectivity index (χ1v) is 7.52. The number of ether oxygens (including phenoxy) is 1. The number of imidazole rings is 1. The van der Waals surface area contributed by atoms with Crippen LogP contribution in [0.3, 0.4) is 0 Å². The van der Waals surface area contributed by atoms with Gasteiger partial charge in [0.05, 0.1) is 23.0 Å². The molecule has 0 atom stereocenters. The molecular weight excluding hydrogens is 279 g/mol. The standard InChI is InChI=1S/C15H18ClFN2O/c1-3-20-11-5-10(6-11)19-14-4-9(2)12(17)7-13(14)18-15(19)8-16/h4,7,10-11H,3,5-6,8H2,1-2H3. The third-order valence-electron chi connectivity index (χ3n) is 4.00. The molecule has 1 aliphatic rings. The first kappa shape index (κ1) is 13.8. The molecule has 5 heteroatoms. The second-order valence-corrected chi connectivity index (χ2v) is 5.59. The number of alkyl halides is 1. The summed E-state index contributed by atoms with van der Waals surface area (Å²) in [6.45, 7) is 4.53. The van der Waals surface area contributed by atoms with Gasteiger partial charge in [-0.15, -0.1) is 11.6 Å². The van der Waals surface area contributed by atoms with Gasteiger partial charge in [0, 0.05) is 18.7 Å². The molecule has 0 saturated heterocycles. The lowest BCUT2D eigenvalue weighted by molar-refractivity contribution is -0.0192. The molecule has 0 radical (unpaired) electrons. The summed E-state index contributed by atoms with van der Waals surface area (Å²) < 4.78 is 21.4. The van der Waals surface area contributed by atoms with Gasteiger partial charge in [-0.3, -0.25) is 0 Å². The monoisotopic (exact) mass is 296 g/mol. The van der Waals surface area contributed by atoms with Crippen molar-refractivity contribution >= 4 is 22.6 Å². The fourth-order valence-electron chi connectivity index (χ4n) is 2.89. The largest absolute Gasteiger partial charge is 0.378 e. The van der Waals surface area contributed by atoms with E-state index in [4.69, 9.17) is 16.3 Å². The summed E-state index contributed by atoms with van der Waals surface area (Å²) in [4.78, 5) is 4.46. The van der Waals surface area contributed by atoms with E-state index in [1.807, 2.05) is 13.0 Å². The van der Waals surface area contributed by atoms with Gasteiger partial charge in [-0.1, -0.05) is 0 Å². The molecule has 0 unspecified atom stereocenters. The molecule has 2 aromatic rings. The van der Waals surface area contributed by atoms with Crippen LogP contribution in [-0.4, -0.2) is 22.3 Å². The number of fused-ring (bicyclic) bond motifs is 1. The van der Waals surface area contributed by atoms with Crippen LogP contribution in [-0.2, 0) is 10.6 Å². The molecule has 1 aromatic heterocycles. The number of benzene rings is 1. The van der Waals surface area contributed by atoms with Gasteiger partial charge in [-0.05, 0) is 38.3 Å². The third-order valence-corrected chi connectivity index (χ3v) is 4.24. The van der Waals surface area contributed by atoms with Crippen LogP contribution in [0.2, 0.25) is 0 Å². The fourth-order valence-corrected chi connectivity index (χ4v) is 3.08. The Kier molecular flexibility index (Phi) is 3.69. The second kappa shape index (κ2) is 5.34. The molecule has 1 saturated carbocycles. The molecule has 1 fully saturated rings. The highest BCUT2D eigenvalue weighted by atomic mass is 35.5. The van der Waals surface area contributed by atoms with Crippen LogP contribution in [0.5, 0.6) is 0 Å². The summed E-state index contributed by atoms with van der Waals surface area (Å²) in [5.41, 5.74) is 2.29. The van der Waals surface area contributed by atoms with E-state index in [0.717, 1.165) is 30.8 Å².